The van der Waals surface area contributed by atoms with Gasteiger partial charge >= 0.3 is 0 Å². The van der Waals surface area contributed by atoms with Crippen molar-refractivity contribution in [1.29, 1.82) is 0 Å². The number of aromatic nitrogens is 1. The third kappa shape index (κ3) is 4.52. The van der Waals surface area contributed by atoms with Crippen LogP contribution in [0.1, 0.15) is 46.0 Å². The lowest BCUT2D eigenvalue weighted by Crippen LogP contribution is -2.02. The van der Waals surface area contributed by atoms with Gasteiger partial charge in [-0.05, 0) is 24.5 Å². The van der Waals surface area contributed by atoms with E-state index in [4.69, 9.17) is 0 Å². The van der Waals surface area contributed by atoms with Gasteiger partial charge in [0.25, 0.3) is 0 Å². The van der Waals surface area contributed by atoms with E-state index in [1.165, 1.54) is 43.2 Å². The van der Waals surface area contributed by atoms with Crippen molar-refractivity contribution in [3.8, 4) is 0 Å². The standard InChI is InChI=1S/C18H26N2/c1-15(2)9-5-3-4-8-13-19-18-12-14-20-17-11-7-6-10-16(17)18/h6-7,10-12,14-15H,3-5,8-9,13H2,1-2H3,(H,19,20). The maximum atomic E-state index is 4.39. The smallest absolute Gasteiger partial charge is 0.0722 e. The minimum atomic E-state index is 0.844. The van der Waals surface area contributed by atoms with Crippen molar-refractivity contribution < 1.29 is 0 Å². The largest absolute Gasteiger partial charge is 0.384 e. The van der Waals surface area contributed by atoms with Gasteiger partial charge in [-0.1, -0.05) is 57.7 Å². The summed E-state index contributed by atoms with van der Waals surface area (Å²) >= 11 is 0. The Morgan fingerprint density at radius 2 is 1.80 bits per heavy atom. The maximum absolute atomic E-state index is 4.39. The molecule has 1 aromatic carbocycles. The predicted molar refractivity (Wildman–Crippen MR) is 88.2 cm³/mol. The van der Waals surface area contributed by atoms with E-state index in [-0.39, 0.29) is 0 Å². The first-order valence-corrected chi connectivity index (χ1v) is 7.85. The first-order valence-electron chi connectivity index (χ1n) is 7.85. The number of hydrogen-bond donors (Lipinski definition) is 1. The van der Waals surface area contributed by atoms with Gasteiger partial charge in [0.2, 0.25) is 0 Å². The highest BCUT2D eigenvalue weighted by molar-refractivity contribution is 5.90. The van der Waals surface area contributed by atoms with Crippen molar-refractivity contribution in [1.82, 2.24) is 4.98 Å². The van der Waals surface area contributed by atoms with Gasteiger partial charge in [0.05, 0.1) is 5.52 Å². The molecule has 1 N–H and O–H groups in total. The van der Waals surface area contributed by atoms with Crippen LogP contribution >= 0.6 is 0 Å². The number of anilines is 1. The van der Waals surface area contributed by atoms with Gasteiger partial charge in [0, 0.05) is 23.8 Å². The molecule has 0 amide bonds. The van der Waals surface area contributed by atoms with Crippen molar-refractivity contribution >= 4 is 16.6 Å². The predicted octanol–water partition coefficient (Wildman–Crippen LogP) is 5.25. The molecule has 20 heavy (non-hydrogen) atoms. The third-order valence-electron chi connectivity index (χ3n) is 3.67. The molecule has 108 valence electrons. The first-order chi connectivity index (χ1) is 9.77. The van der Waals surface area contributed by atoms with Crippen molar-refractivity contribution in [3.63, 3.8) is 0 Å². The third-order valence-corrected chi connectivity index (χ3v) is 3.67. The van der Waals surface area contributed by atoms with E-state index >= 15 is 0 Å². The molecule has 0 aliphatic rings. The van der Waals surface area contributed by atoms with Gasteiger partial charge in [0.15, 0.2) is 0 Å². The van der Waals surface area contributed by atoms with Crippen LogP contribution in [0.2, 0.25) is 0 Å². The highest BCUT2D eigenvalue weighted by atomic mass is 14.9. The summed E-state index contributed by atoms with van der Waals surface area (Å²) in [6.45, 7) is 5.65. The second-order valence-corrected chi connectivity index (χ2v) is 5.90. The Balaban J connectivity index is 1.73. The number of para-hydroxylation sites is 1. The molecular formula is C18H26N2. The molecule has 1 aromatic heterocycles. The fourth-order valence-electron chi connectivity index (χ4n) is 2.50. The highest BCUT2D eigenvalue weighted by Crippen LogP contribution is 2.21. The van der Waals surface area contributed by atoms with Crippen LogP contribution in [-0.2, 0) is 0 Å². The molecule has 2 aromatic rings. The molecule has 0 aliphatic heterocycles. The molecule has 2 nitrogen and oxygen atoms in total. The molecule has 0 spiro atoms. The van der Waals surface area contributed by atoms with Gasteiger partial charge in [0.1, 0.15) is 0 Å². The Hall–Kier alpha value is -1.57. The van der Waals surface area contributed by atoms with Gasteiger partial charge < -0.3 is 5.32 Å². The van der Waals surface area contributed by atoms with Crippen LogP contribution in [0.25, 0.3) is 10.9 Å². The summed E-state index contributed by atoms with van der Waals surface area (Å²) in [5.41, 5.74) is 2.27. The Bertz CT molecular complexity index is 514. The van der Waals surface area contributed by atoms with E-state index in [1.54, 1.807) is 0 Å². The van der Waals surface area contributed by atoms with Crippen LogP contribution < -0.4 is 5.32 Å². The molecule has 0 radical (unpaired) electrons. The SMILES string of the molecule is CC(C)CCCCCCNc1ccnc2ccccc12. The molecule has 1 heterocycles. The van der Waals surface area contributed by atoms with Gasteiger partial charge in [-0.3, -0.25) is 4.98 Å². The molecule has 0 fully saturated rings. The minimum Gasteiger partial charge on any atom is -0.384 e. The molecule has 0 atom stereocenters. The quantitative estimate of drug-likeness (QED) is 0.662. The van der Waals surface area contributed by atoms with E-state index in [9.17, 15) is 0 Å². The van der Waals surface area contributed by atoms with Gasteiger partial charge in [-0.25, -0.2) is 0 Å². The zero-order valence-corrected chi connectivity index (χ0v) is 12.7. The molecule has 0 unspecified atom stereocenters. The summed E-state index contributed by atoms with van der Waals surface area (Å²) in [5, 5.41) is 4.76. The fourth-order valence-corrected chi connectivity index (χ4v) is 2.50. The molecule has 0 saturated carbocycles. The number of hydrogen-bond acceptors (Lipinski definition) is 2. The zero-order valence-electron chi connectivity index (χ0n) is 12.7. The van der Waals surface area contributed by atoms with Crippen LogP contribution in [0.3, 0.4) is 0 Å². The number of rotatable bonds is 8. The monoisotopic (exact) mass is 270 g/mol. The Morgan fingerprint density at radius 1 is 1.00 bits per heavy atom. The van der Waals surface area contributed by atoms with Crippen LogP contribution in [0.4, 0.5) is 5.69 Å². The van der Waals surface area contributed by atoms with Crippen molar-refractivity contribution in [3.05, 3.63) is 36.5 Å². The molecule has 2 heteroatoms. The average Bonchev–Trinajstić information content (AvgIpc) is 2.46. The summed E-state index contributed by atoms with van der Waals surface area (Å²) in [5.74, 6) is 0.844. The van der Waals surface area contributed by atoms with Gasteiger partial charge in [-0.15, -0.1) is 0 Å². The normalized spacial score (nSPS) is 11.2. The van der Waals surface area contributed by atoms with Gasteiger partial charge in [-0.2, -0.15) is 0 Å². The van der Waals surface area contributed by atoms with E-state index in [0.29, 0.717) is 0 Å². The molecule has 2 rings (SSSR count). The molecule has 0 saturated heterocycles. The molecular weight excluding hydrogens is 244 g/mol. The van der Waals surface area contributed by atoms with Crippen molar-refractivity contribution in [2.75, 3.05) is 11.9 Å². The second-order valence-electron chi connectivity index (χ2n) is 5.90. The summed E-state index contributed by atoms with van der Waals surface area (Å²) in [6.07, 6.45) is 8.54. The lowest BCUT2D eigenvalue weighted by molar-refractivity contribution is 0.523. The van der Waals surface area contributed by atoms with Crippen molar-refractivity contribution in [2.24, 2.45) is 5.92 Å². The number of fused-ring (bicyclic) bond motifs is 1. The van der Waals surface area contributed by atoms with E-state index < -0.39 is 0 Å². The van der Waals surface area contributed by atoms with Crippen molar-refractivity contribution in [2.45, 2.75) is 46.0 Å². The van der Waals surface area contributed by atoms with E-state index in [2.05, 4.69) is 48.4 Å². The van der Waals surface area contributed by atoms with E-state index in [1.807, 2.05) is 12.3 Å². The number of pyridine rings is 1. The molecule has 0 aliphatic carbocycles. The zero-order chi connectivity index (χ0) is 14.2. The van der Waals surface area contributed by atoms with Crippen LogP contribution in [-0.4, -0.2) is 11.5 Å². The second kappa shape index (κ2) is 7.88. The summed E-state index contributed by atoms with van der Waals surface area (Å²) < 4.78 is 0. The maximum Gasteiger partial charge on any atom is 0.0722 e. The van der Waals surface area contributed by atoms with Crippen LogP contribution in [0.5, 0.6) is 0 Å². The lowest BCUT2D eigenvalue weighted by Gasteiger charge is -2.09. The number of unbranched alkanes of at least 4 members (excludes halogenated alkanes) is 3. The first kappa shape index (κ1) is 14.8. The lowest BCUT2D eigenvalue weighted by atomic mass is 10.0. The van der Waals surface area contributed by atoms with E-state index in [0.717, 1.165) is 18.0 Å². The van der Waals surface area contributed by atoms with Crippen LogP contribution in [0, 0.1) is 5.92 Å². The van der Waals surface area contributed by atoms with Crippen LogP contribution in [0.15, 0.2) is 36.5 Å². The minimum absolute atomic E-state index is 0.844. The Morgan fingerprint density at radius 3 is 2.65 bits per heavy atom. The summed E-state index contributed by atoms with van der Waals surface area (Å²) in [4.78, 5) is 4.39. The average molecular weight is 270 g/mol. The fraction of sp³-hybridized carbons (Fsp3) is 0.500. The molecule has 0 bridgehead atoms. The highest BCUT2D eigenvalue weighted by Gasteiger charge is 2.00. The summed E-state index contributed by atoms with van der Waals surface area (Å²) in [6, 6.07) is 10.4. The number of nitrogens with zero attached hydrogens (tertiary/aromatic N) is 1. The Labute approximate surface area is 122 Å². The summed E-state index contributed by atoms with van der Waals surface area (Å²) in [7, 11) is 0. The number of nitrogens with one attached hydrogen (secondary N) is 1. The topological polar surface area (TPSA) is 24.9 Å². The Kier molecular flexibility index (Phi) is 5.85. The number of benzene rings is 1.